The third-order valence-corrected chi connectivity index (χ3v) is 3.57. The van der Waals surface area contributed by atoms with E-state index in [2.05, 4.69) is 51.9 Å². The van der Waals surface area contributed by atoms with E-state index in [-0.39, 0.29) is 0 Å². The molecule has 1 aliphatic rings. The van der Waals surface area contributed by atoms with Gasteiger partial charge in [-0.1, -0.05) is 34.6 Å². The predicted molar refractivity (Wildman–Crippen MR) is 71.8 cm³/mol. The Bertz CT molecular complexity index is 215. The van der Waals surface area contributed by atoms with E-state index in [1.54, 1.807) is 0 Å². The lowest BCUT2D eigenvalue weighted by molar-refractivity contribution is 0.121. The van der Waals surface area contributed by atoms with Gasteiger partial charge in [0.15, 0.2) is 0 Å². The SMILES string of the molecule is CN(CC1NCCCC1(C)C)CC(C)(C)C. The third kappa shape index (κ3) is 4.42. The Labute approximate surface area is 102 Å². The number of nitrogens with zero attached hydrogens (tertiary/aromatic N) is 1. The van der Waals surface area contributed by atoms with E-state index in [0.29, 0.717) is 16.9 Å². The van der Waals surface area contributed by atoms with Crippen molar-refractivity contribution in [1.82, 2.24) is 10.2 Å². The molecule has 2 heteroatoms. The smallest absolute Gasteiger partial charge is 0.0245 e. The molecule has 1 heterocycles. The average Bonchev–Trinajstić information content (AvgIpc) is 2.05. The minimum absolute atomic E-state index is 0.396. The van der Waals surface area contributed by atoms with Crippen molar-refractivity contribution in [3.63, 3.8) is 0 Å². The Morgan fingerprint density at radius 1 is 1.31 bits per heavy atom. The van der Waals surface area contributed by atoms with E-state index in [9.17, 15) is 0 Å². The summed E-state index contributed by atoms with van der Waals surface area (Å²) < 4.78 is 0. The molecule has 1 unspecified atom stereocenters. The molecule has 0 bridgehead atoms. The highest BCUT2D eigenvalue weighted by Crippen LogP contribution is 2.30. The van der Waals surface area contributed by atoms with Crippen LogP contribution in [0.2, 0.25) is 0 Å². The number of hydrogen-bond donors (Lipinski definition) is 1. The molecule has 2 nitrogen and oxygen atoms in total. The molecule has 1 atom stereocenters. The van der Waals surface area contributed by atoms with Crippen LogP contribution in [0.3, 0.4) is 0 Å². The lowest BCUT2D eigenvalue weighted by Crippen LogP contribution is -2.53. The summed E-state index contributed by atoms with van der Waals surface area (Å²) in [5.74, 6) is 0. The van der Waals surface area contributed by atoms with Crippen LogP contribution in [-0.4, -0.2) is 37.6 Å². The maximum atomic E-state index is 3.68. The molecule has 1 N–H and O–H groups in total. The van der Waals surface area contributed by atoms with Crippen molar-refractivity contribution >= 4 is 0 Å². The van der Waals surface area contributed by atoms with Crippen molar-refractivity contribution in [2.45, 2.75) is 53.5 Å². The quantitative estimate of drug-likeness (QED) is 0.796. The number of hydrogen-bond acceptors (Lipinski definition) is 2. The molecule has 1 fully saturated rings. The summed E-state index contributed by atoms with van der Waals surface area (Å²) >= 11 is 0. The van der Waals surface area contributed by atoms with E-state index >= 15 is 0 Å². The Balaban J connectivity index is 2.46. The first-order valence-corrected chi connectivity index (χ1v) is 6.63. The maximum Gasteiger partial charge on any atom is 0.0245 e. The standard InChI is InChI=1S/C14H30N2/c1-13(2,3)11-16(6)10-12-14(4,5)8-7-9-15-12/h12,15H,7-11H2,1-6H3. The molecular formula is C14H30N2. The maximum absolute atomic E-state index is 3.68. The number of nitrogens with one attached hydrogen (secondary N) is 1. The third-order valence-electron chi connectivity index (χ3n) is 3.57. The van der Waals surface area contributed by atoms with Gasteiger partial charge in [0, 0.05) is 19.1 Å². The molecule has 0 saturated carbocycles. The molecule has 0 radical (unpaired) electrons. The molecule has 1 aliphatic heterocycles. The largest absolute Gasteiger partial charge is 0.312 e. The topological polar surface area (TPSA) is 15.3 Å². The highest BCUT2D eigenvalue weighted by Gasteiger charge is 2.32. The van der Waals surface area contributed by atoms with Crippen LogP contribution in [0.25, 0.3) is 0 Å². The highest BCUT2D eigenvalue weighted by molar-refractivity contribution is 4.90. The lowest BCUT2D eigenvalue weighted by atomic mass is 9.77. The van der Waals surface area contributed by atoms with Crippen LogP contribution < -0.4 is 5.32 Å². The zero-order chi connectivity index (χ0) is 12.4. The van der Waals surface area contributed by atoms with Crippen molar-refractivity contribution in [2.24, 2.45) is 10.8 Å². The molecule has 0 aromatic carbocycles. The number of likely N-dealkylation sites (N-methyl/N-ethyl adjacent to an activating group) is 1. The minimum Gasteiger partial charge on any atom is -0.312 e. The van der Waals surface area contributed by atoms with Gasteiger partial charge >= 0.3 is 0 Å². The first-order valence-electron chi connectivity index (χ1n) is 6.63. The molecule has 0 aromatic rings. The summed E-state index contributed by atoms with van der Waals surface area (Å²) in [6.45, 7) is 15.3. The fourth-order valence-corrected chi connectivity index (χ4v) is 2.77. The van der Waals surface area contributed by atoms with Gasteiger partial charge < -0.3 is 10.2 Å². The van der Waals surface area contributed by atoms with Crippen molar-refractivity contribution in [3.05, 3.63) is 0 Å². The van der Waals surface area contributed by atoms with Crippen molar-refractivity contribution in [2.75, 3.05) is 26.7 Å². The average molecular weight is 226 g/mol. The zero-order valence-corrected chi connectivity index (χ0v) is 12.1. The van der Waals surface area contributed by atoms with Gasteiger partial charge in [0.25, 0.3) is 0 Å². The van der Waals surface area contributed by atoms with E-state index in [0.717, 1.165) is 0 Å². The second-order valence-corrected chi connectivity index (χ2v) is 7.36. The van der Waals surface area contributed by atoms with Gasteiger partial charge in [-0.05, 0) is 37.3 Å². The molecule has 16 heavy (non-hydrogen) atoms. The van der Waals surface area contributed by atoms with Gasteiger partial charge in [-0.2, -0.15) is 0 Å². The van der Waals surface area contributed by atoms with Crippen molar-refractivity contribution < 1.29 is 0 Å². The molecule has 1 saturated heterocycles. The van der Waals surface area contributed by atoms with Gasteiger partial charge in [0.2, 0.25) is 0 Å². The van der Waals surface area contributed by atoms with Crippen LogP contribution in [0.5, 0.6) is 0 Å². The van der Waals surface area contributed by atoms with Crippen molar-refractivity contribution in [1.29, 1.82) is 0 Å². The van der Waals surface area contributed by atoms with Gasteiger partial charge in [0.1, 0.15) is 0 Å². The summed E-state index contributed by atoms with van der Waals surface area (Å²) in [6.07, 6.45) is 2.68. The van der Waals surface area contributed by atoms with Crippen LogP contribution in [0.15, 0.2) is 0 Å². The second-order valence-electron chi connectivity index (χ2n) is 7.36. The molecule has 96 valence electrons. The lowest BCUT2D eigenvalue weighted by Gasteiger charge is -2.42. The first kappa shape index (κ1) is 14.0. The summed E-state index contributed by atoms with van der Waals surface area (Å²) in [5, 5.41) is 3.68. The van der Waals surface area contributed by atoms with Crippen molar-refractivity contribution in [3.8, 4) is 0 Å². The molecule has 0 amide bonds. The second kappa shape index (κ2) is 5.05. The Hall–Kier alpha value is -0.0800. The highest BCUT2D eigenvalue weighted by atomic mass is 15.1. The van der Waals surface area contributed by atoms with Gasteiger partial charge in [-0.25, -0.2) is 0 Å². The van der Waals surface area contributed by atoms with E-state index < -0.39 is 0 Å². The van der Waals surface area contributed by atoms with Gasteiger partial charge in [-0.15, -0.1) is 0 Å². The summed E-state index contributed by atoms with van der Waals surface area (Å²) in [6, 6.07) is 0.647. The van der Waals surface area contributed by atoms with E-state index in [1.807, 2.05) is 0 Å². The van der Waals surface area contributed by atoms with Gasteiger partial charge in [0.05, 0.1) is 0 Å². The van der Waals surface area contributed by atoms with Crippen LogP contribution in [0.4, 0.5) is 0 Å². The first-order chi connectivity index (χ1) is 7.21. The fourth-order valence-electron chi connectivity index (χ4n) is 2.77. The molecule has 0 aliphatic carbocycles. The number of rotatable bonds is 3. The minimum atomic E-state index is 0.396. The normalized spacial score (nSPS) is 26.1. The zero-order valence-electron chi connectivity index (χ0n) is 12.1. The fraction of sp³-hybridized carbons (Fsp3) is 1.00. The summed E-state index contributed by atoms with van der Waals surface area (Å²) in [5.41, 5.74) is 0.845. The monoisotopic (exact) mass is 226 g/mol. The predicted octanol–water partition coefficient (Wildman–Crippen LogP) is 2.74. The molecule has 0 spiro atoms. The Kier molecular flexibility index (Phi) is 4.42. The van der Waals surface area contributed by atoms with E-state index in [1.165, 1.54) is 32.5 Å². The van der Waals surface area contributed by atoms with Crippen LogP contribution in [0.1, 0.15) is 47.5 Å². The number of piperidine rings is 1. The van der Waals surface area contributed by atoms with Crippen LogP contribution in [-0.2, 0) is 0 Å². The van der Waals surface area contributed by atoms with Gasteiger partial charge in [-0.3, -0.25) is 0 Å². The molecule has 0 aromatic heterocycles. The molecular weight excluding hydrogens is 196 g/mol. The Morgan fingerprint density at radius 2 is 1.94 bits per heavy atom. The Morgan fingerprint density at radius 3 is 2.44 bits per heavy atom. The summed E-state index contributed by atoms with van der Waals surface area (Å²) in [7, 11) is 2.25. The molecule has 1 rings (SSSR count). The van der Waals surface area contributed by atoms with E-state index in [4.69, 9.17) is 0 Å². The van der Waals surface area contributed by atoms with Crippen LogP contribution in [0, 0.1) is 10.8 Å². The summed E-state index contributed by atoms with van der Waals surface area (Å²) in [4.78, 5) is 2.48. The van der Waals surface area contributed by atoms with Crippen LogP contribution >= 0.6 is 0 Å².